The second kappa shape index (κ2) is 11.1. The molecule has 5 heterocycles. The lowest BCUT2D eigenvalue weighted by Crippen LogP contribution is -2.30. The van der Waals surface area contributed by atoms with Gasteiger partial charge < -0.3 is 9.88 Å². The van der Waals surface area contributed by atoms with Crippen molar-refractivity contribution in [2.75, 3.05) is 18.0 Å². The van der Waals surface area contributed by atoms with Crippen LogP contribution in [0.1, 0.15) is 42.9 Å². The van der Waals surface area contributed by atoms with E-state index in [1.807, 2.05) is 30.7 Å². The minimum atomic E-state index is 0.831. The summed E-state index contributed by atoms with van der Waals surface area (Å²) in [5, 5.41) is 10.7. The van der Waals surface area contributed by atoms with Crippen molar-refractivity contribution in [1.82, 2.24) is 25.1 Å². The number of anilines is 1. The second-order valence-corrected chi connectivity index (χ2v) is 10.4. The number of pyridine rings is 2. The number of aryl methyl sites for hydroxylation is 2. The maximum Gasteiger partial charge on any atom is 0.137 e. The van der Waals surface area contributed by atoms with E-state index >= 15 is 0 Å². The summed E-state index contributed by atoms with van der Waals surface area (Å²) < 4.78 is 0. The molecule has 0 amide bonds. The molecule has 1 aliphatic heterocycles. The topological polar surface area (TPSA) is 73.5 Å². The summed E-state index contributed by atoms with van der Waals surface area (Å²) in [5.74, 6) is 1.06. The third-order valence-electron chi connectivity index (χ3n) is 7.63. The highest BCUT2D eigenvalue weighted by molar-refractivity contribution is 5.94. The molecule has 6 rings (SSSR count). The summed E-state index contributed by atoms with van der Waals surface area (Å²) in [4.78, 5) is 15.2. The van der Waals surface area contributed by atoms with Gasteiger partial charge in [0.25, 0.3) is 0 Å². The normalized spacial score (nSPS) is 14.8. The van der Waals surface area contributed by atoms with Gasteiger partial charge in [-0.1, -0.05) is 43.0 Å². The molecular formula is C33H34N6. The van der Waals surface area contributed by atoms with Crippen LogP contribution in [0.3, 0.4) is 0 Å². The first kappa shape index (κ1) is 24.9. The molecule has 196 valence electrons. The first-order chi connectivity index (χ1) is 19.2. The van der Waals surface area contributed by atoms with Gasteiger partial charge in [0.05, 0.1) is 16.6 Å². The van der Waals surface area contributed by atoms with Gasteiger partial charge in [-0.25, -0.2) is 4.98 Å². The predicted molar refractivity (Wildman–Crippen MR) is 161 cm³/mol. The van der Waals surface area contributed by atoms with E-state index in [2.05, 4.69) is 87.1 Å². The van der Waals surface area contributed by atoms with Crippen LogP contribution in [0.2, 0.25) is 0 Å². The summed E-state index contributed by atoms with van der Waals surface area (Å²) in [6.45, 7) is 8.58. The Bertz CT molecular complexity index is 1720. The van der Waals surface area contributed by atoms with E-state index in [0.717, 1.165) is 75.7 Å². The molecule has 6 nitrogen and oxygen atoms in total. The summed E-state index contributed by atoms with van der Waals surface area (Å²) in [5.41, 5.74) is 7.70. The predicted octanol–water partition coefficient (Wildman–Crippen LogP) is 5.42. The minimum absolute atomic E-state index is 0.831. The van der Waals surface area contributed by atoms with E-state index in [1.165, 1.54) is 30.4 Å². The Balaban J connectivity index is 1.23. The van der Waals surface area contributed by atoms with Crippen molar-refractivity contribution in [2.45, 2.75) is 39.0 Å². The lowest BCUT2D eigenvalue weighted by molar-refractivity contribution is 0.575. The number of piperidine rings is 1. The van der Waals surface area contributed by atoms with Gasteiger partial charge in [0.15, 0.2) is 0 Å². The van der Waals surface area contributed by atoms with Gasteiger partial charge in [-0.05, 0) is 85.6 Å². The highest BCUT2D eigenvalue weighted by Crippen LogP contribution is 2.29. The Labute approximate surface area is 228 Å². The SMILES string of the molecule is C=c1c(-c2cc3c(N4CCCCC4)nccc3[nH]2)n[nH]/c1=C/C=C(\C)c1cncc(CCc2ccccc2)c1. The maximum atomic E-state index is 4.72. The Hall–Kier alpha value is -4.45. The number of hydrogen-bond donors (Lipinski definition) is 2. The van der Waals surface area contributed by atoms with Gasteiger partial charge in [0, 0.05) is 42.3 Å². The number of H-pyrrole nitrogens is 2. The molecule has 4 aromatic heterocycles. The van der Waals surface area contributed by atoms with Crippen LogP contribution < -0.4 is 15.5 Å². The van der Waals surface area contributed by atoms with Crippen molar-refractivity contribution in [3.05, 3.63) is 100 Å². The molecule has 0 unspecified atom stereocenters. The molecule has 0 bridgehead atoms. The Morgan fingerprint density at radius 2 is 1.82 bits per heavy atom. The molecule has 1 fully saturated rings. The standard InChI is InChI=1S/C33H34N6/c1-23(27-19-26(21-34-22-27)13-12-25-9-5-3-6-10-25)11-14-29-24(2)32(38-37-29)31-20-28-30(36-31)15-16-35-33(28)39-17-7-4-8-18-39/h3,5-6,9-11,14-16,19-22,36-37H,2,4,7-8,12-13,17-18H2,1H3/b23-11+,29-14+. The van der Waals surface area contributed by atoms with Gasteiger partial charge >= 0.3 is 0 Å². The van der Waals surface area contributed by atoms with Crippen LogP contribution in [0.25, 0.3) is 40.5 Å². The molecule has 5 aromatic rings. The van der Waals surface area contributed by atoms with Crippen LogP contribution in [-0.2, 0) is 12.8 Å². The van der Waals surface area contributed by atoms with Crippen molar-refractivity contribution >= 4 is 34.9 Å². The molecule has 0 radical (unpaired) electrons. The van der Waals surface area contributed by atoms with Crippen LogP contribution in [0, 0.1) is 0 Å². The maximum absolute atomic E-state index is 4.72. The fourth-order valence-electron chi connectivity index (χ4n) is 5.34. The van der Waals surface area contributed by atoms with Gasteiger partial charge in [-0.3, -0.25) is 10.1 Å². The van der Waals surface area contributed by atoms with Gasteiger partial charge in [0.1, 0.15) is 11.5 Å². The molecule has 6 heteroatoms. The van der Waals surface area contributed by atoms with Crippen molar-refractivity contribution in [3.63, 3.8) is 0 Å². The molecular weight excluding hydrogens is 480 g/mol. The van der Waals surface area contributed by atoms with E-state index in [9.17, 15) is 0 Å². The molecule has 0 saturated carbocycles. The van der Waals surface area contributed by atoms with E-state index in [-0.39, 0.29) is 0 Å². The number of fused-ring (bicyclic) bond motifs is 1. The van der Waals surface area contributed by atoms with E-state index in [1.54, 1.807) is 0 Å². The molecule has 1 aliphatic rings. The van der Waals surface area contributed by atoms with E-state index < -0.39 is 0 Å². The average Bonchev–Trinajstić information content (AvgIpc) is 3.59. The quantitative estimate of drug-likeness (QED) is 0.304. The zero-order valence-electron chi connectivity index (χ0n) is 22.5. The van der Waals surface area contributed by atoms with Crippen LogP contribution in [-0.4, -0.2) is 38.2 Å². The molecule has 0 aliphatic carbocycles. The van der Waals surface area contributed by atoms with E-state index in [4.69, 9.17) is 4.98 Å². The number of aromatic amines is 2. The van der Waals surface area contributed by atoms with Crippen LogP contribution >= 0.6 is 0 Å². The van der Waals surface area contributed by atoms with Gasteiger partial charge in [0.2, 0.25) is 0 Å². The number of benzene rings is 1. The third kappa shape index (κ3) is 5.41. The van der Waals surface area contributed by atoms with Crippen molar-refractivity contribution in [1.29, 1.82) is 0 Å². The molecule has 0 spiro atoms. The second-order valence-electron chi connectivity index (χ2n) is 10.4. The summed E-state index contributed by atoms with van der Waals surface area (Å²) in [7, 11) is 0. The fourth-order valence-corrected chi connectivity index (χ4v) is 5.34. The van der Waals surface area contributed by atoms with Crippen molar-refractivity contribution < 1.29 is 0 Å². The molecule has 1 saturated heterocycles. The molecule has 2 N–H and O–H groups in total. The average molecular weight is 515 g/mol. The fraction of sp³-hybridized carbons (Fsp3) is 0.242. The van der Waals surface area contributed by atoms with Crippen LogP contribution in [0.15, 0.2) is 73.2 Å². The third-order valence-corrected chi connectivity index (χ3v) is 7.63. The molecule has 1 aromatic carbocycles. The number of rotatable bonds is 7. The van der Waals surface area contributed by atoms with Crippen molar-refractivity contribution in [3.8, 4) is 11.4 Å². The lowest BCUT2D eigenvalue weighted by Gasteiger charge is -2.28. The first-order valence-electron chi connectivity index (χ1n) is 13.8. The summed E-state index contributed by atoms with van der Waals surface area (Å²) >= 11 is 0. The van der Waals surface area contributed by atoms with E-state index in [0.29, 0.717) is 0 Å². The number of nitrogens with zero attached hydrogens (tertiary/aromatic N) is 4. The zero-order chi connectivity index (χ0) is 26.6. The van der Waals surface area contributed by atoms with Crippen molar-refractivity contribution in [2.24, 2.45) is 0 Å². The Morgan fingerprint density at radius 3 is 2.67 bits per heavy atom. The van der Waals surface area contributed by atoms with Crippen LogP contribution in [0.4, 0.5) is 5.82 Å². The Kier molecular flexibility index (Phi) is 7.09. The monoisotopic (exact) mass is 514 g/mol. The zero-order valence-corrected chi connectivity index (χ0v) is 22.5. The molecule has 0 atom stereocenters. The lowest BCUT2D eigenvalue weighted by atomic mass is 10.0. The van der Waals surface area contributed by atoms with Gasteiger partial charge in [-0.15, -0.1) is 0 Å². The number of hydrogen-bond acceptors (Lipinski definition) is 4. The molecule has 39 heavy (non-hydrogen) atoms. The largest absolute Gasteiger partial charge is 0.356 e. The number of aromatic nitrogens is 5. The number of allylic oxidation sites excluding steroid dienone is 2. The number of nitrogens with one attached hydrogen (secondary N) is 2. The smallest absolute Gasteiger partial charge is 0.137 e. The minimum Gasteiger partial charge on any atom is -0.356 e. The highest BCUT2D eigenvalue weighted by Gasteiger charge is 2.17. The Morgan fingerprint density at radius 1 is 1.00 bits per heavy atom. The highest BCUT2D eigenvalue weighted by atomic mass is 15.2. The summed E-state index contributed by atoms with van der Waals surface area (Å²) in [6, 6.07) is 17.0. The first-order valence-corrected chi connectivity index (χ1v) is 13.8. The summed E-state index contributed by atoms with van der Waals surface area (Å²) in [6.07, 6.45) is 15.6. The van der Waals surface area contributed by atoms with Gasteiger partial charge in [-0.2, -0.15) is 5.10 Å². The van der Waals surface area contributed by atoms with Crippen LogP contribution in [0.5, 0.6) is 0 Å².